The Morgan fingerprint density at radius 1 is 1.00 bits per heavy atom. The predicted octanol–water partition coefficient (Wildman–Crippen LogP) is 2.75. The molecular weight excluding hydrogens is 234 g/mol. The van der Waals surface area contributed by atoms with Crippen molar-refractivity contribution in [1.82, 2.24) is 15.3 Å². The summed E-state index contributed by atoms with van der Waals surface area (Å²) in [4.78, 5) is 8.51. The molecule has 3 heteroatoms. The van der Waals surface area contributed by atoms with Gasteiger partial charge in [-0.3, -0.25) is 9.97 Å². The number of hydrogen-bond acceptors (Lipinski definition) is 3. The summed E-state index contributed by atoms with van der Waals surface area (Å²) in [5.74, 6) is 0.646. The van der Waals surface area contributed by atoms with E-state index in [-0.39, 0.29) is 0 Å². The zero-order valence-electron chi connectivity index (χ0n) is 10.8. The molecule has 19 heavy (non-hydrogen) atoms. The van der Waals surface area contributed by atoms with Gasteiger partial charge in [-0.25, -0.2) is 0 Å². The van der Waals surface area contributed by atoms with Crippen molar-refractivity contribution in [3.63, 3.8) is 0 Å². The van der Waals surface area contributed by atoms with E-state index in [1.165, 1.54) is 36.0 Å². The molecule has 0 amide bonds. The number of aromatic nitrogens is 2. The van der Waals surface area contributed by atoms with Gasteiger partial charge in [-0.15, -0.1) is 0 Å². The summed E-state index contributed by atoms with van der Waals surface area (Å²) in [5, 5.41) is 3.70. The molecule has 3 nitrogen and oxygen atoms in total. The van der Waals surface area contributed by atoms with Gasteiger partial charge in [0, 0.05) is 48.4 Å². The minimum absolute atomic E-state index is 0.646. The minimum atomic E-state index is 0.646. The van der Waals surface area contributed by atoms with Crippen molar-refractivity contribution in [2.24, 2.45) is 0 Å². The van der Waals surface area contributed by atoms with Gasteiger partial charge in [-0.1, -0.05) is 0 Å². The van der Waals surface area contributed by atoms with Crippen LogP contribution in [0, 0.1) is 0 Å². The number of hydrogen-bond donors (Lipinski definition) is 1. The van der Waals surface area contributed by atoms with Gasteiger partial charge < -0.3 is 5.32 Å². The van der Waals surface area contributed by atoms with Crippen LogP contribution < -0.4 is 5.32 Å². The standard InChI is InChI=1S/C16H17N3/c1-2-16-15(8-14(1)19-16)13-7-12(9-18-10-13)11-3-5-17-6-4-11/h3-7,9-10,14-16,19H,1-2,8H2/t14-,15-,16-/m1/s1. The maximum atomic E-state index is 4.44. The summed E-state index contributed by atoms with van der Waals surface area (Å²) in [7, 11) is 0. The van der Waals surface area contributed by atoms with Gasteiger partial charge in [0.2, 0.25) is 0 Å². The molecule has 2 aliphatic heterocycles. The van der Waals surface area contributed by atoms with E-state index in [1.54, 1.807) is 0 Å². The summed E-state index contributed by atoms with van der Waals surface area (Å²) in [6.45, 7) is 0. The highest BCUT2D eigenvalue weighted by Crippen LogP contribution is 2.40. The zero-order valence-corrected chi connectivity index (χ0v) is 10.8. The molecule has 2 bridgehead atoms. The average Bonchev–Trinajstić information content (AvgIpc) is 3.11. The lowest BCUT2D eigenvalue weighted by molar-refractivity contribution is 0.505. The maximum absolute atomic E-state index is 4.44. The number of nitrogens with one attached hydrogen (secondary N) is 1. The van der Waals surface area contributed by atoms with Crippen LogP contribution in [-0.4, -0.2) is 22.1 Å². The molecule has 4 heterocycles. The summed E-state index contributed by atoms with van der Waals surface area (Å²) in [5.41, 5.74) is 3.78. The van der Waals surface area contributed by atoms with Crippen LogP contribution >= 0.6 is 0 Å². The summed E-state index contributed by atoms with van der Waals surface area (Å²) in [6, 6.07) is 7.79. The quantitative estimate of drug-likeness (QED) is 0.891. The normalized spacial score (nSPS) is 28.7. The Morgan fingerprint density at radius 3 is 2.63 bits per heavy atom. The fourth-order valence-corrected chi connectivity index (χ4v) is 3.56. The Bertz CT molecular complexity index is 582. The molecule has 1 N–H and O–H groups in total. The van der Waals surface area contributed by atoms with E-state index in [1.807, 2.05) is 36.9 Å². The Labute approximate surface area is 113 Å². The topological polar surface area (TPSA) is 37.8 Å². The highest BCUT2D eigenvalue weighted by Gasteiger charge is 2.39. The van der Waals surface area contributed by atoms with Crippen molar-refractivity contribution in [1.29, 1.82) is 0 Å². The van der Waals surface area contributed by atoms with Gasteiger partial charge in [0.25, 0.3) is 0 Å². The van der Waals surface area contributed by atoms with Crippen LogP contribution in [0.15, 0.2) is 43.0 Å². The van der Waals surface area contributed by atoms with E-state index in [0.29, 0.717) is 12.0 Å². The lowest BCUT2D eigenvalue weighted by atomic mass is 9.84. The third kappa shape index (κ3) is 1.94. The van der Waals surface area contributed by atoms with Crippen LogP contribution in [0.25, 0.3) is 11.1 Å². The highest BCUT2D eigenvalue weighted by atomic mass is 15.0. The van der Waals surface area contributed by atoms with E-state index in [9.17, 15) is 0 Å². The van der Waals surface area contributed by atoms with Crippen molar-refractivity contribution < 1.29 is 0 Å². The number of rotatable bonds is 2. The first-order chi connectivity index (χ1) is 9.40. The average molecular weight is 251 g/mol. The monoisotopic (exact) mass is 251 g/mol. The van der Waals surface area contributed by atoms with Crippen molar-refractivity contribution in [3.05, 3.63) is 48.5 Å². The van der Waals surface area contributed by atoms with Crippen LogP contribution in [0.5, 0.6) is 0 Å². The van der Waals surface area contributed by atoms with Gasteiger partial charge in [0.1, 0.15) is 0 Å². The van der Waals surface area contributed by atoms with E-state index in [2.05, 4.69) is 21.4 Å². The van der Waals surface area contributed by atoms with E-state index < -0.39 is 0 Å². The molecule has 0 radical (unpaired) electrons. The molecular formula is C16H17N3. The smallest absolute Gasteiger partial charge is 0.0346 e. The fraction of sp³-hybridized carbons (Fsp3) is 0.375. The first-order valence-corrected chi connectivity index (χ1v) is 7.01. The van der Waals surface area contributed by atoms with Crippen LogP contribution in [-0.2, 0) is 0 Å². The molecule has 0 aliphatic carbocycles. The van der Waals surface area contributed by atoms with Crippen molar-refractivity contribution in [2.45, 2.75) is 37.3 Å². The lowest BCUT2D eigenvalue weighted by Gasteiger charge is -2.20. The molecule has 0 aromatic carbocycles. The van der Waals surface area contributed by atoms with Crippen LogP contribution in [0.4, 0.5) is 0 Å². The Kier molecular flexibility index (Phi) is 2.59. The van der Waals surface area contributed by atoms with Gasteiger partial charge >= 0.3 is 0 Å². The Hall–Kier alpha value is -1.74. The molecule has 2 aromatic heterocycles. The van der Waals surface area contributed by atoms with Crippen LogP contribution in [0.3, 0.4) is 0 Å². The number of pyridine rings is 2. The molecule has 4 rings (SSSR count). The third-order valence-corrected chi connectivity index (χ3v) is 4.50. The Morgan fingerprint density at radius 2 is 1.89 bits per heavy atom. The van der Waals surface area contributed by atoms with E-state index in [0.717, 1.165) is 6.04 Å². The molecule has 0 saturated carbocycles. The first kappa shape index (κ1) is 11.1. The van der Waals surface area contributed by atoms with E-state index in [4.69, 9.17) is 0 Å². The second-order valence-electron chi connectivity index (χ2n) is 5.63. The molecule has 2 fully saturated rings. The van der Waals surface area contributed by atoms with Crippen molar-refractivity contribution in [2.75, 3.05) is 0 Å². The lowest BCUT2D eigenvalue weighted by Crippen LogP contribution is -2.21. The summed E-state index contributed by atoms with van der Waals surface area (Å²) < 4.78 is 0. The second-order valence-corrected chi connectivity index (χ2v) is 5.63. The molecule has 2 aliphatic rings. The number of fused-ring (bicyclic) bond motifs is 2. The summed E-state index contributed by atoms with van der Waals surface area (Å²) >= 11 is 0. The molecule has 96 valence electrons. The zero-order chi connectivity index (χ0) is 12.7. The third-order valence-electron chi connectivity index (χ3n) is 4.50. The van der Waals surface area contributed by atoms with Gasteiger partial charge in [-0.2, -0.15) is 0 Å². The molecule has 2 saturated heterocycles. The van der Waals surface area contributed by atoms with Crippen molar-refractivity contribution >= 4 is 0 Å². The molecule has 3 atom stereocenters. The largest absolute Gasteiger partial charge is 0.311 e. The van der Waals surface area contributed by atoms with Gasteiger partial charge in [0.05, 0.1) is 0 Å². The Balaban J connectivity index is 1.68. The molecule has 2 aromatic rings. The minimum Gasteiger partial charge on any atom is -0.311 e. The second kappa shape index (κ2) is 4.42. The fourth-order valence-electron chi connectivity index (χ4n) is 3.56. The maximum Gasteiger partial charge on any atom is 0.0346 e. The van der Waals surface area contributed by atoms with E-state index >= 15 is 0 Å². The first-order valence-electron chi connectivity index (χ1n) is 7.01. The van der Waals surface area contributed by atoms with Gasteiger partial charge in [-0.05, 0) is 48.6 Å². The SMILES string of the molecule is c1cc(-c2cncc([C@H]3C[C@H]4CC[C@H]3N4)c2)ccn1. The number of nitrogens with zero attached hydrogens (tertiary/aromatic N) is 2. The van der Waals surface area contributed by atoms with Gasteiger partial charge in [0.15, 0.2) is 0 Å². The van der Waals surface area contributed by atoms with Crippen LogP contribution in [0.2, 0.25) is 0 Å². The summed E-state index contributed by atoms with van der Waals surface area (Å²) in [6.07, 6.45) is 11.6. The highest BCUT2D eigenvalue weighted by molar-refractivity contribution is 5.62. The van der Waals surface area contributed by atoms with Crippen molar-refractivity contribution in [3.8, 4) is 11.1 Å². The van der Waals surface area contributed by atoms with Crippen LogP contribution in [0.1, 0.15) is 30.7 Å². The predicted molar refractivity (Wildman–Crippen MR) is 74.8 cm³/mol. The molecule has 0 spiro atoms. The molecule has 0 unspecified atom stereocenters.